The number of hydrogen-bond acceptors (Lipinski definition) is 3. The molecule has 0 aliphatic rings. The molecule has 2 rings (SSSR count). The van der Waals surface area contributed by atoms with Gasteiger partial charge in [-0.1, -0.05) is 56.2 Å². The van der Waals surface area contributed by atoms with Crippen LogP contribution in [0.5, 0.6) is 0 Å². The molecule has 0 unspecified atom stereocenters. The van der Waals surface area contributed by atoms with Crippen molar-refractivity contribution >= 4 is 21.6 Å². The van der Waals surface area contributed by atoms with Crippen LogP contribution in [0.1, 0.15) is 26.2 Å². The molecule has 128 valence electrons. The van der Waals surface area contributed by atoms with E-state index < -0.39 is 16.1 Å². The van der Waals surface area contributed by atoms with E-state index in [9.17, 15) is 13.2 Å². The largest absolute Gasteiger partial charge is 0.325 e. The summed E-state index contributed by atoms with van der Waals surface area (Å²) in [5, 5.41) is 2.76. The SMILES string of the molecule is CCCC[C@@H](NS(=O)(=O)c1ccccc1)C(=O)Nc1ccccc1. The van der Waals surface area contributed by atoms with Crippen molar-refractivity contribution in [1.82, 2.24) is 4.72 Å². The van der Waals surface area contributed by atoms with Gasteiger partial charge in [-0.15, -0.1) is 0 Å². The minimum Gasteiger partial charge on any atom is -0.325 e. The van der Waals surface area contributed by atoms with Crippen LogP contribution in [0.25, 0.3) is 0 Å². The average Bonchev–Trinajstić information content (AvgIpc) is 2.60. The molecule has 0 aliphatic heterocycles. The maximum absolute atomic E-state index is 12.5. The van der Waals surface area contributed by atoms with Gasteiger partial charge in [0.2, 0.25) is 15.9 Å². The Kier molecular flexibility index (Phi) is 6.52. The van der Waals surface area contributed by atoms with Crippen molar-refractivity contribution in [2.75, 3.05) is 5.32 Å². The third kappa shape index (κ3) is 5.18. The highest BCUT2D eigenvalue weighted by molar-refractivity contribution is 7.89. The summed E-state index contributed by atoms with van der Waals surface area (Å²) in [7, 11) is -3.74. The number of carbonyl (C=O) groups is 1. The van der Waals surface area contributed by atoms with Crippen LogP contribution >= 0.6 is 0 Å². The van der Waals surface area contributed by atoms with Gasteiger partial charge in [0.05, 0.1) is 4.90 Å². The van der Waals surface area contributed by atoms with E-state index in [0.717, 1.165) is 12.8 Å². The van der Waals surface area contributed by atoms with Crippen molar-refractivity contribution in [2.45, 2.75) is 37.1 Å². The molecular weight excluding hydrogens is 324 g/mol. The molecule has 24 heavy (non-hydrogen) atoms. The lowest BCUT2D eigenvalue weighted by Gasteiger charge is -2.18. The fraction of sp³-hybridized carbons (Fsp3) is 0.278. The maximum Gasteiger partial charge on any atom is 0.242 e. The Labute approximate surface area is 143 Å². The van der Waals surface area contributed by atoms with E-state index in [1.54, 1.807) is 30.3 Å². The maximum atomic E-state index is 12.5. The second kappa shape index (κ2) is 8.61. The Balaban J connectivity index is 2.14. The Bertz CT molecular complexity index is 746. The number of para-hydroxylation sites is 1. The summed E-state index contributed by atoms with van der Waals surface area (Å²) < 4.78 is 27.5. The fourth-order valence-electron chi connectivity index (χ4n) is 2.26. The van der Waals surface area contributed by atoms with Crippen LogP contribution in [0, 0.1) is 0 Å². The van der Waals surface area contributed by atoms with Crippen molar-refractivity contribution in [1.29, 1.82) is 0 Å². The molecule has 0 aliphatic carbocycles. The summed E-state index contributed by atoms with van der Waals surface area (Å²) in [4.78, 5) is 12.6. The molecule has 0 bridgehead atoms. The number of hydrogen-bond donors (Lipinski definition) is 2. The number of carbonyl (C=O) groups excluding carboxylic acids is 1. The first kappa shape index (κ1) is 18.2. The summed E-state index contributed by atoms with van der Waals surface area (Å²) >= 11 is 0. The zero-order valence-electron chi connectivity index (χ0n) is 13.6. The minimum absolute atomic E-state index is 0.152. The molecule has 5 nitrogen and oxygen atoms in total. The number of rotatable bonds is 8. The van der Waals surface area contributed by atoms with Gasteiger partial charge in [0.25, 0.3) is 0 Å². The molecule has 6 heteroatoms. The van der Waals surface area contributed by atoms with Gasteiger partial charge in [0.15, 0.2) is 0 Å². The zero-order valence-corrected chi connectivity index (χ0v) is 14.4. The first-order chi connectivity index (χ1) is 11.5. The summed E-state index contributed by atoms with van der Waals surface area (Å²) in [6.45, 7) is 2.00. The third-order valence-corrected chi connectivity index (χ3v) is 5.04. The number of sulfonamides is 1. The molecule has 0 fully saturated rings. The first-order valence-electron chi connectivity index (χ1n) is 7.96. The Morgan fingerprint density at radius 3 is 2.17 bits per heavy atom. The van der Waals surface area contributed by atoms with E-state index in [-0.39, 0.29) is 10.8 Å². The highest BCUT2D eigenvalue weighted by Gasteiger charge is 2.25. The van der Waals surface area contributed by atoms with E-state index in [0.29, 0.717) is 12.1 Å². The van der Waals surface area contributed by atoms with E-state index >= 15 is 0 Å². The number of anilines is 1. The highest BCUT2D eigenvalue weighted by Crippen LogP contribution is 2.13. The van der Waals surface area contributed by atoms with Gasteiger partial charge in [-0.25, -0.2) is 8.42 Å². The number of nitrogens with one attached hydrogen (secondary N) is 2. The first-order valence-corrected chi connectivity index (χ1v) is 9.44. The third-order valence-electron chi connectivity index (χ3n) is 3.56. The van der Waals surface area contributed by atoms with Crippen LogP contribution in [0.4, 0.5) is 5.69 Å². The predicted molar refractivity (Wildman–Crippen MR) is 95.1 cm³/mol. The molecule has 0 saturated carbocycles. The molecule has 2 aromatic carbocycles. The van der Waals surface area contributed by atoms with E-state index in [2.05, 4.69) is 10.0 Å². The van der Waals surface area contributed by atoms with Crippen molar-refractivity contribution in [2.24, 2.45) is 0 Å². The lowest BCUT2D eigenvalue weighted by molar-refractivity contribution is -0.117. The molecule has 0 spiro atoms. The van der Waals surface area contributed by atoms with Crippen molar-refractivity contribution < 1.29 is 13.2 Å². The standard InChI is InChI=1S/C18H22N2O3S/c1-2-3-14-17(18(21)19-15-10-6-4-7-11-15)20-24(22,23)16-12-8-5-9-13-16/h4-13,17,20H,2-3,14H2,1H3,(H,19,21)/t17-/m1/s1. The monoisotopic (exact) mass is 346 g/mol. The Morgan fingerprint density at radius 2 is 1.58 bits per heavy atom. The molecule has 0 saturated heterocycles. The van der Waals surface area contributed by atoms with Gasteiger partial charge in [-0.05, 0) is 30.7 Å². The topological polar surface area (TPSA) is 75.3 Å². The van der Waals surface area contributed by atoms with Gasteiger partial charge < -0.3 is 5.32 Å². The van der Waals surface area contributed by atoms with Gasteiger partial charge in [0, 0.05) is 5.69 Å². The number of amides is 1. The van der Waals surface area contributed by atoms with Gasteiger partial charge in [0.1, 0.15) is 6.04 Å². The second-order valence-electron chi connectivity index (χ2n) is 5.48. The number of benzene rings is 2. The molecule has 2 N–H and O–H groups in total. The van der Waals surface area contributed by atoms with Crippen LogP contribution in [0.2, 0.25) is 0 Å². The summed E-state index contributed by atoms with van der Waals surface area (Å²) in [6, 6.07) is 16.3. The second-order valence-corrected chi connectivity index (χ2v) is 7.20. The van der Waals surface area contributed by atoms with Gasteiger partial charge in [-0.2, -0.15) is 4.72 Å². The lowest BCUT2D eigenvalue weighted by Crippen LogP contribution is -2.43. The van der Waals surface area contributed by atoms with Crippen LogP contribution in [-0.4, -0.2) is 20.4 Å². The minimum atomic E-state index is -3.74. The molecule has 1 amide bonds. The molecule has 1 atom stereocenters. The lowest BCUT2D eigenvalue weighted by atomic mass is 10.1. The van der Waals surface area contributed by atoms with Crippen LogP contribution in [0.15, 0.2) is 65.6 Å². The quantitative estimate of drug-likeness (QED) is 0.771. The van der Waals surface area contributed by atoms with Crippen LogP contribution in [-0.2, 0) is 14.8 Å². The highest BCUT2D eigenvalue weighted by atomic mass is 32.2. The van der Waals surface area contributed by atoms with Crippen LogP contribution in [0.3, 0.4) is 0 Å². The summed E-state index contributed by atoms with van der Waals surface area (Å²) in [5.41, 5.74) is 0.642. The molecule has 0 aromatic heterocycles. The van der Waals surface area contributed by atoms with Crippen molar-refractivity contribution in [3.05, 3.63) is 60.7 Å². The predicted octanol–water partition coefficient (Wildman–Crippen LogP) is 3.16. The van der Waals surface area contributed by atoms with Crippen molar-refractivity contribution in [3.8, 4) is 0 Å². The summed E-state index contributed by atoms with van der Waals surface area (Å²) in [5.74, 6) is -0.353. The molecular formula is C18H22N2O3S. The fourth-order valence-corrected chi connectivity index (χ4v) is 3.51. The molecule has 2 aromatic rings. The van der Waals surface area contributed by atoms with E-state index in [4.69, 9.17) is 0 Å². The smallest absolute Gasteiger partial charge is 0.242 e. The molecule has 0 radical (unpaired) electrons. The van der Waals surface area contributed by atoms with E-state index in [1.165, 1.54) is 12.1 Å². The normalized spacial score (nSPS) is 12.5. The van der Waals surface area contributed by atoms with E-state index in [1.807, 2.05) is 25.1 Å². The zero-order chi connectivity index (χ0) is 17.4. The van der Waals surface area contributed by atoms with Gasteiger partial charge in [-0.3, -0.25) is 4.79 Å². The van der Waals surface area contributed by atoms with Crippen LogP contribution < -0.4 is 10.0 Å². The average molecular weight is 346 g/mol. The van der Waals surface area contributed by atoms with Gasteiger partial charge >= 0.3 is 0 Å². The number of unbranched alkanes of at least 4 members (excludes halogenated alkanes) is 1. The Morgan fingerprint density at radius 1 is 1.00 bits per heavy atom. The Hall–Kier alpha value is -2.18. The molecule has 0 heterocycles. The van der Waals surface area contributed by atoms with Crippen molar-refractivity contribution in [3.63, 3.8) is 0 Å². The summed E-state index contributed by atoms with van der Waals surface area (Å²) in [6.07, 6.45) is 2.08.